The predicted octanol–water partition coefficient (Wildman–Crippen LogP) is 2.35. The van der Waals surface area contributed by atoms with Crippen LogP contribution in [0.2, 0.25) is 0 Å². The van der Waals surface area contributed by atoms with Crippen LogP contribution in [0, 0.1) is 11.3 Å². The minimum absolute atomic E-state index is 0.205. The Labute approximate surface area is 246 Å². The van der Waals surface area contributed by atoms with Crippen LogP contribution in [0.15, 0.2) is 36.4 Å². The molecule has 4 rings (SSSR count). The minimum atomic E-state index is -1.29. The molecule has 3 amide bonds. The number of aromatic nitrogens is 1. The molecule has 1 unspecified atom stereocenters. The standard InChI is InChI=1S/C31H41N5O6/c1-18(2)26-27(38)33-25(17-37)29(40)36-15-7-8-23(34-36)28(39)35(6)19(3)22-12-11-21-10-9-20(16-24(21)32-22)13-14-31(4,5)30(41)42-26/h9-14,16,18-19,23,25-26,34,37H,7-8,15,17H2,1-6H3,(H,33,38)/b14-13+/t19-,23+,25+,26?/m1/s1. The molecule has 42 heavy (non-hydrogen) atoms. The van der Waals surface area contributed by atoms with Crippen molar-refractivity contribution in [2.75, 3.05) is 20.2 Å². The molecule has 3 heterocycles. The first-order valence-corrected chi connectivity index (χ1v) is 14.4. The summed E-state index contributed by atoms with van der Waals surface area (Å²) >= 11 is 0. The number of hydrogen-bond donors (Lipinski definition) is 3. The lowest BCUT2D eigenvalue weighted by molar-refractivity contribution is -0.165. The lowest BCUT2D eigenvalue weighted by Gasteiger charge is -2.37. The predicted molar refractivity (Wildman–Crippen MR) is 157 cm³/mol. The number of carbonyl (C=O) groups excluding carboxylic acids is 4. The van der Waals surface area contributed by atoms with Crippen molar-refractivity contribution in [1.82, 2.24) is 25.6 Å². The molecule has 3 N–H and O–H groups in total. The quantitative estimate of drug-likeness (QED) is 0.461. The van der Waals surface area contributed by atoms with Crippen molar-refractivity contribution in [3.05, 3.63) is 47.7 Å². The molecule has 0 spiro atoms. The fourth-order valence-corrected chi connectivity index (χ4v) is 5.00. The summed E-state index contributed by atoms with van der Waals surface area (Å²) in [5.41, 5.74) is 4.19. The number of nitrogens with zero attached hydrogens (tertiary/aromatic N) is 3. The Balaban J connectivity index is 1.75. The van der Waals surface area contributed by atoms with Crippen LogP contribution in [0.1, 0.15) is 64.8 Å². The molecule has 11 heteroatoms. The summed E-state index contributed by atoms with van der Waals surface area (Å²) in [5, 5.41) is 14.8. The highest BCUT2D eigenvalue weighted by molar-refractivity contribution is 5.92. The van der Waals surface area contributed by atoms with Gasteiger partial charge in [0.1, 0.15) is 12.1 Å². The number of hydrogen-bond acceptors (Lipinski definition) is 8. The van der Waals surface area contributed by atoms with Crippen LogP contribution < -0.4 is 10.7 Å². The second kappa shape index (κ2) is 12.6. The van der Waals surface area contributed by atoms with E-state index in [1.54, 1.807) is 45.7 Å². The summed E-state index contributed by atoms with van der Waals surface area (Å²) in [5.74, 6) is -2.50. The molecule has 11 nitrogen and oxygen atoms in total. The lowest BCUT2D eigenvalue weighted by Crippen LogP contribution is -2.62. The Kier molecular flexibility index (Phi) is 9.32. The number of amides is 3. The normalized spacial score (nSPS) is 26.8. The van der Waals surface area contributed by atoms with E-state index in [1.165, 1.54) is 5.01 Å². The van der Waals surface area contributed by atoms with Crippen LogP contribution in [0.5, 0.6) is 0 Å². The van der Waals surface area contributed by atoms with Gasteiger partial charge in [0, 0.05) is 19.0 Å². The number of hydrazine groups is 1. The number of aliphatic hydroxyl groups is 1. The minimum Gasteiger partial charge on any atom is -0.451 e. The van der Waals surface area contributed by atoms with E-state index in [2.05, 4.69) is 10.7 Å². The Bertz CT molecular complexity index is 1390. The zero-order chi connectivity index (χ0) is 30.8. The third-order valence-electron chi connectivity index (χ3n) is 7.96. The summed E-state index contributed by atoms with van der Waals surface area (Å²) < 4.78 is 5.68. The first kappa shape index (κ1) is 31.1. The average Bonchev–Trinajstić information content (AvgIpc) is 2.98. The summed E-state index contributed by atoms with van der Waals surface area (Å²) in [6.45, 7) is 8.38. The number of rotatable bonds is 2. The average molecular weight is 580 g/mol. The van der Waals surface area contributed by atoms with Crippen LogP contribution in [0.4, 0.5) is 0 Å². The molecule has 1 aromatic heterocycles. The van der Waals surface area contributed by atoms with Gasteiger partial charge in [0.2, 0.25) is 5.91 Å². The van der Waals surface area contributed by atoms with Crippen LogP contribution in [0.3, 0.4) is 0 Å². The van der Waals surface area contributed by atoms with E-state index in [0.717, 1.165) is 16.5 Å². The van der Waals surface area contributed by atoms with Crippen molar-refractivity contribution in [3.8, 4) is 0 Å². The van der Waals surface area contributed by atoms with Gasteiger partial charge < -0.3 is 20.1 Å². The van der Waals surface area contributed by atoms with Gasteiger partial charge in [0.15, 0.2) is 6.10 Å². The van der Waals surface area contributed by atoms with Crippen molar-refractivity contribution in [3.63, 3.8) is 0 Å². The van der Waals surface area contributed by atoms with Gasteiger partial charge >= 0.3 is 5.97 Å². The lowest BCUT2D eigenvalue weighted by atomic mass is 9.92. The maximum atomic E-state index is 13.5. The van der Waals surface area contributed by atoms with Gasteiger partial charge in [0.25, 0.3) is 11.8 Å². The Morgan fingerprint density at radius 1 is 1.12 bits per heavy atom. The molecule has 5 bridgehead atoms. The fourth-order valence-electron chi connectivity index (χ4n) is 5.00. The van der Waals surface area contributed by atoms with E-state index in [4.69, 9.17) is 9.72 Å². The molecule has 1 saturated heterocycles. The van der Waals surface area contributed by atoms with Gasteiger partial charge in [0.05, 0.1) is 29.3 Å². The zero-order valence-electron chi connectivity index (χ0n) is 25.1. The number of esters is 1. The molecule has 2 aliphatic rings. The Morgan fingerprint density at radius 2 is 1.83 bits per heavy atom. The highest BCUT2D eigenvalue weighted by Gasteiger charge is 2.38. The summed E-state index contributed by atoms with van der Waals surface area (Å²) in [7, 11) is 1.71. The molecule has 2 aromatic rings. The molecule has 226 valence electrons. The number of fused-ring (bicyclic) bond motifs is 4. The fraction of sp³-hybridized carbons (Fsp3) is 0.516. The maximum Gasteiger partial charge on any atom is 0.316 e. The van der Waals surface area contributed by atoms with Crippen LogP contribution in [-0.2, 0) is 23.9 Å². The molecule has 1 aromatic carbocycles. The van der Waals surface area contributed by atoms with E-state index in [-0.39, 0.29) is 11.9 Å². The summed E-state index contributed by atoms with van der Waals surface area (Å²) in [6.07, 6.45) is 3.39. The molecule has 0 aliphatic carbocycles. The van der Waals surface area contributed by atoms with Crippen molar-refractivity contribution in [1.29, 1.82) is 0 Å². The largest absolute Gasteiger partial charge is 0.451 e. The zero-order valence-corrected chi connectivity index (χ0v) is 25.1. The molecule has 0 radical (unpaired) electrons. The third kappa shape index (κ3) is 6.63. The number of aliphatic hydroxyl groups excluding tert-OH is 1. The van der Waals surface area contributed by atoms with Gasteiger partial charge in [-0.2, -0.15) is 0 Å². The summed E-state index contributed by atoms with van der Waals surface area (Å²) in [4.78, 5) is 59.8. The highest BCUT2D eigenvalue weighted by atomic mass is 16.5. The van der Waals surface area contributed by atoms with Gasteiger partial charge in [-0.15, -0.1) is 0 Å². The number of ether oxygens (including phenoxy) is 1. The van der Waals surface area contributed by atoms with Crippen LogP contribution in [0.25, 0.3) is 17.0 Å². The smallest absolute Gasteiger partial charge is 0.316 e. The van der Waals surface area contributed by atoms with E-state index in [0.29, 0.717) is 25.1 Å². The number of nitrogens with one attached hydrogen (secondary N) is 2. The van der Waals surface area contributed by atoms with Gasteiger partial charge in [-0.1, -0.05) is 44.2 Å². The maximum absolute atomic E-state index is 13.5. The molecule has 1 fully saturated rings. The molecule has 4 atom stereocenters. The van der Waals surface area contributed by atoms with Crippen molar-refractivity contribution >= 4 is 40.7 Å². The Hall–Kier alpha value is -3.83. The van der Waals surface area contributed by atoms with Gasteiger partial charge in [-0.3, -0.25) is 29.2 Å². The highest BCUT2D eigenvalue weighted by Crippen LogP contribution is 2.26. The summed E-state index contributed by atoms with van der Waals surface area (Å²) in [6, 6.07) is 7.32. The number of pyridine rings is 1. The van der Waals surface area contributed by atoms with Gasteiger partial charge in [-0.05, 0) is 57.2 Å². The molecular weight excluding hydrogens is 538 g/mol. The first-order chi connectivity index (χ1) is 19.8. The Morgan fingerprint density at radius 3 is 2.52 bits per heavy atom. The number of benzene rings is 1. The van der Waals surface area contributed by atoms with E-state index >= 15 is 0 Å². The van der Waals surface area contributed by atoms with Crippen molar-refractivity contribution < 1.29 is 29.0 Å². The second-order valence-corrected chi connectivity index (χ2v) is 12.0. The number of cyclic esters (lactones) is 1. The second-order valence-electron chi connectivity index (χ2n) is 12.0. The first-order valence-electron chi connectivity index (χ1n) is 14.4. The van der Waals surface area contributed by atoms with E-state index < -0.39 is 53.9 Å². The molecule has 2 aliphatic heterocycles. The SMILES string of the molecule is CC(C)C1OC(=O)C(C)(C)/C=C/c2ccc3ccc(nc3c2)[C@@H](C)N(C)C(=O)[C@@H]2CCCN(N2)C(=O)[C@H](CO)NC1=O. The van der Waals surface area contributed by atoms with Crippen LogP contribution in [-0.4, -0.2) is 82.1 Å². The van der Waals surface area contributed by atoms with Crippen molar-refractivity contribution in [2.24, 2.45) is 11.3 Å². The molecule has 0 saturated carbocycles. The van der Waals surface area contributed by atoms with Crippen LogP contribution >= 0.6 is 0 Å². The van der Waals surface area contributed by atoms with E-state index in [9.17, 15) is 24.3 Å². The topological polar surface area (TPSA) is 141 Å². The molecular formula is C31H41N5O6. The van der Waals surface area contributed by atoms with Gasteiger partial charge in [-0.25, -0.2) is 5.43 Å². The number of carbonyl (C=O) groups is 4. The monoisotopic (exact) mass is 579 g/mol. The van der Waals surface area contributed by atoms with Crippen molar-refractivity contribution in [2.45, 2.75) is 71.7 Å². The third-order valence-corrected chi connectivity index (χ3v) is 7.96. The van der Waals surface area contributed by atoms with E-state index in [1.807, 2.05) is 43.3 Å². The number of likely N-dealkylation sites (N-methyl/N-ethyl adjacent to an activating group) is 1.